The first-order valence-corrected chi connectivity index (χ1v) is 7.91. The lowest BCUT2D eigenvalue weighted by Gasteiger charge is -2.18. The molecule has 0 aliphatic heterocycles. The van der Waals surface area contributed by atoms with Crippen LogP contribution in [0.4, 0.5) is 0 Å². The number of carboxylic acid groups (broad SMARTS) is 1. The summed E-state index contributed by atoms with van der Waals surface area (Å²) in [5, 5.41) is 9.06. The largest absolute Gasteiger partial charge is 0.495 e. The molecule has 0 aromatic heterocycles. The van der Waals surface area contributed by atoms with E-state index >= 15 is 0 Å². The van der Waals surface area contributed by atoms with Crippen molar-refractivity contribution in [2.75, 3.05) is 7.11 Å². The van der Waals surface area contributed by atoms with Crippen molar-refractivity contribution in [2.24, 2.45) is 5.92 Å². The molecule has 4 heteroatoms. The maximum absolute atomic E-state index is 11.0. The quantitative estimate of drug-likeness (QED) is 0.865. The van der Waals surface area contributed by atoms with Crippen molar-refractivity contribution in [3.05, 3.63) is 27.7 Å². The van der Waals surface area contributed by atoms with E-state index in [0.29, 0.717) is 12.3 Å². The zero-order chi connectivity index (χ0) is 14.7. The Hall–Kier alpha value is -1.03. The molecule has 0 bridgehead atoms. The molecule has 0 saturated heterocycles. The van der Waals surface area contributed by atoms with Crippen LogP contribution in [0.15, 0.2) is 16.6 Å². The van der Waals surface area contributed by atoms with Crippen LogP contribution in [0.25, 0.3) is 0 Å². The van der Waals surface area contributed by atoms with Crippen LogP contribution in [-0.4, -0.2) is 18.2 Å². The molecule has 1 aromatic rings. The van der Waals surface area contributed by atoms with Crippen LogP contribution in [-0.2, 0) is 11.2 Å². The fraction of sp³-hybridized carbons (Fsp3) is 0.562. The van der Waals surface area contributed by atoms with Crippen LogP contribution in [0.3, 0.4) is 0 Å². The van der Waals surface area contributed by atoms with Gasteiger partial charge in [0.2, 0.25) is 0 Å². The van der Waals surface area contributed by atoms with E-state index in [-0.39, 0.29) is 5.92 Å². The molecule has 0 spiro atoms. The second-order valence-electron chi connectivity index (χ2n) is 5.62. The highest BCUT2D eigenvalue weighted by Gasteiger charge is 2.23. The van der Waals surface area contributed by atoms with Crippen molar-refractivity contribution in [3.8, 4) is 5.75 Å². The Kier molecular flexibility index (Phi) is 5.08. The number of carboxylic acids is 1. The molecular formula is C16H21BrO3. The van der Waals surface area contributed by atoms with E-state index in [9.17, 15) is 4.79 Å². The number of ether oxygens (including phenoxy) is 1. The van der Waals surface area contributed by atoms with E-state index in [4.69, 9.17) is 9.84 Å². The summed E-state index contributed by atoms with van der Waals surface area (Å²) in [6.07, 6.45) is 5.47. The van der Waals surface area contributed by atoms with Gasteiger partial charge < -0.3 is 9.84 Å². The van der Waals surface area contributed by atoms with E-state index in [1.165, 1.54) is 31.2 Å². The smallest absolute Gasteiger partial charge is 0.306 e. The third kappa shape index (κ3) is 3.35. The van der Waals surface area contributed by atoms with Crippen LogP contribution in [0.1, 0.15) is 49.7 Å². The van der Waals surface area contributed by atoms with Gasteiger partial charge in [-0.1, -0.05) is 25.8 Å². The topological polar surface area (TPSA) is 46.5 Å². The van der Waals surface area contributed by atoms with Crippen molar-refractivity contribution >= 4 is 21.9 Å². The van der Waals surface area contributed by atoms with Gasteiger partial charge in [-0.15, -0.1) is 0 Å². The van der Waals surface area contributed by atoms with Crippen LogP contribution in [0, 0.1) is 5.92 Å². The second-order valence-corrected chi connectivity index (χ2v) is 6.48. The molecule has 1 saturated carbocycles. The predicted octanol–water partition coefficient (Wildman–Crippen LogP) is 4.38. The maximum Gasteiger partial charge on any atom is 0.306 e. The first-order chi connectivity index (χ1) is 9.52. The summed E-state index contributed by atoms with van der Waals surface area (Å²) in [7, 11) is 1.69. The lowest BCUT2D eigenvalue weighted by atomic mass is 9.92. The number of halogens is 1. The molecule has 20 heavy (non-hydrogen) atoms. The van der Waals surface area contributed by atoms with Crippen molar-refractivity contribution in [2.45, 2.75) is 44.9 Å². The van der Waals surface area contributed by atoms with Gasteiger partial charge in [-0.2, -0.15) is 0 Å². The van der Waals surface area contributed by atoms with Gasteiger partial charge in [0.15, 0.2) is 0 Å². The van der Waals surface area contributed by atoms with Crippen molar-refractivity contribution < 1.29 is 14.6 Å². The molecule has 0 radical (unpaired) electrons. The van der Waals surface area contributed by atoms with Crippen LogP contribution < -0.4 is 4.74 Å². The Morgan fingerprint density at radius 1 is 1.45 bits per heavy atom. The molecule has 1 N–H and O–H groups in total. The molecule has 1 unspecified atom stereocenters. The van der Waals surface area contributed by atoms with Crippen LogP contribution in [0.5, 0.6) is 5.75 Å². The number of benzene rings is 1. The Bertz CT molecular complexity index is 493. The number of hydrogen-bond donors (Lipinski definition) is 1. The Morgan fingerprint density at radius 3 is 2.65 bits per heavy atom. The first-order valence-electron chi connectivity index (χ1n) is 7.12. The minimum atomic E-state index is -0.751. The number of carbonyl (C=O) groups is 1. The fourth-order valence-corrected chi connectivity index (χ4v) is 3.67. The highest BCUT2D eigenvalue weighted by atomic mass is 79.9. The molecule has 0 heterocycles. The van der Waals surface area contributed by atoms with Gasteiger partial charge in [-0.05, 0) is 58.3 Å². The van der Waals surface area contributed by atoms with Gasteiger partial charge in [0, 0.05) is 0 Å². The zero-order valence-corrected chi connectivity index (χ0v) is 13.6. The molecular weight excluding hydrogens is 320 g/mol. The van der Waals surface area contributed by atoms with Crippen LogP contribution in [0.2, 0.25) is 0 Å². The summed E-state index contributed by atoms with van der Waals surface area (Å²) in [5.41, 5.74) is 2.29. The Labute approximate surface area is 128 Å². The average molecular weight is 341 g/mol. The summed E-state index contributed by atoms with van der Waals surface area (Å²) in [6, 6.07) is 4.12. The molecule has 1 fully saturated rings. The van der Waals surface area contributed by atoms with E-state index in [1.54, 1.807) is 14.0 Å². The van der Waals surface area contributed by atoms with Crippen LogP contribution >= 0.6 is 15.9 Å². The van der Waals surface area contributed by atoms with Gasteiger partial charge >= 0.3 is 5.97 Å². The van der Waals surface area contributed by atoms with Gasteiger partial charge in [0.25, 0.3) is 0 Å². The molecule has 1 aliphatic rings. The van der Waals surface area contributed by atoms with Gasteiger partial charge in [0.05, 0.1) is 17.5 Å². The number of methoxy groups -OCH3 is 1. The summed E-state index contributed by atoms with van der Waals surface area (Å²) in [4.78, 5) is 11.0. The van der Waals surface area contributed by atoms with Crippen molar-refractivity contribution in [1.29, 1.82) is 0 Å². The summed E-state index contributed by atoms with van der Waals surface area (Å²) < 4.78 is 6.46. The van der Waals surface area contributed by atoms with Gasteiger partial charge in [-0.25, -0.2) is 0 Å². The van der Waals surface area contributed by atoms with E-state index in [2.05, 4.69) is 22.0 Å². The molecule has 1 atom stereocenters. The summed E-state index contributed by atoms with van der Waals surface area (Å²) in [6.45, 7) is 1.75. The zero-order valence-electron chi connectivity index (χ0n) is 12.0. The molecule has 0 amide bonds. The number of aliphatic carboxylic acids is 1. The molecule has 1 aliphatic carbocycles. The minimum absolute atomic E-state index is 0.369. The maximum atomic E-state index is 11.0. The summed E-state index contributed by atoms with van der Waals surface area (Å²) in [5.74, 6) is 0.330. The number of rotatable bonds is 5. The van der Waals surface area contributed by atoms with E-state index < -0.39 is 5.97 Å². The average Bonchev–Trinajstić information content (AvgIpc) is 2.91. The van der Waals surface area contributed by atoms with Crippen molar-refractivity contribution in [3.63, 3.8) is 0 Å². The van der Waals surface area contributed by atoms with E-state index in [1.807, 2.05) is 6.07 Å². The second kappa shape index (κ2) is 6.61. The molecule has 1 aromatic carbocycles. The third-order valence-electron chi connectivity index (χ3n) is 4.09. The fourth-order valence-electron chi connectivity index (χ4n) is 2.99. The predicted molar refractivity (Wildman–Crippen MR) is 82.4 cm³/mol. The standard InChI is InChI=1S/C16H21BrO3/c1-10(16(18)19)7-11-8-13(12-5-3-4-6-12)15(20-2)14(17)9-11/h8-10,12H,3-7H2,1-2H3,(H,18,19). The minimum Gasteiger partial charge on any atom is -0.495 e. The molecule has 2 rings (SSSR count). The third-order valence-corrected chi connectivity index (χ3v) is 4.68. The molecule has 3 nitrogen and oxygen atoms in total. The Balaban J connectivity index is 2.32. The number of hydrogen-bond acceptors (Lipinski definition) is 2. The lowest BCUT2D eigenvalue weighted by Crippen LogP contribution is -2.12. The highest BCUT2D eigenvalue weighted by molar-refractivity contribution is 9.10. The first kappa shape index (κ1) is 15.4. The normalized spacial score (nSPS) is 17.1. The summed E-state index contributed by atoms with van der Waals surface area (Å²) >= 11 is 3.56. The van der Waals surface area contributed by atoms with Crippen molar-refractivity contribution in [1.82, 2.24) is 0 Å². The lowest BCUT2D eigenvalue weighted by molar-refractivity contribution is -0.141. The monoisotopic (exact) mass is 340 g/mol. The van der Waals surface area contributed by atoms with E-state index in [0.717, 1.165) is 15.8 Å². The highest BCUT2D eigenvalue weighted by Crippen LogP contribution is 2.42. The van der Waals surface area contributed by atoms with Gasteiger partial charge in [0.1, 0.15) is 5.75 Å². The Morgan fingerprint density at radius 2 is 2.10 bits per heavy atom. The molecule has 110 valence electrons. The SMILES string of the molecule is COc1c(Br)cc(CC(C)C(=O)O)cc1C1CCCC1. The van der Waals surface area contributed by atoms with Gasteiger partial charge in [-0.3, -0.25) is 4.79 Å².